The van der Waals surface area contributed by atoms with Crippen LogP contribution >= 0.6 is 0 Å². The van der Waals surface area contributed by atoms with Gasteiger partial charge in [-0.25, -0.2) is 0 Å². The Bertz CT molecular complexity index is 510. The molecular formula is C20H32O2. The molecule has 2 nitrogen and oxygen atoms in total. The maximum absolute atomic E-state index is 11.0. The Morgan fingerprint density at radius 3 is 2.41 bits per heavy atom. The monoisotopic (exact) mass is 304 g/mol. The summed E-state index contributed by atoms with van der Waals surface area (Å²) in [6, 6.07) is 0. The Morgan fingerprint density at radius 1 is 0.955 bits per heavy atom. The van der Waals surface area contributed by atoms with Crippen LogP contribution < -0.4 is 0 Å². The fraction of sp³-hybridized carbons (Fsp3) is 0.900. The van der Waals surface area contributed by atoms with E-state index < -0.39 is 0 Å². The van der Waals surface area contributed by atoms with E-state index in [9.17, 15) is 10.2 Å². The van der Waals surface area contributed by atoms with Crippen molar-refractivity contribution >= 4 is 0 Å². The summed E-state index contributed by atoms with van der Waals surface area (Å²) in [4.78, 5) is 0. The van der Waals surface area contributed by atoms with Gasteiger partial charge in [-0.15, -0.1) is 0 Å². The largest absolute Gasteiger partial charge is 0.393 e. The second-order valence-corrected chi connectivity index (χ2v) is 9.89. The van der Waals surface area contributed by atoms with Gasteiger partial charge in [0.05, 0.1) is 12.2 Å². The summed E-state index contributed by atoms with van der Waals surface area (Å²) in [6.07, 6.45) is 7.32. The van der Waals surface area contributed by atoms with Crippen molar-refractivity contribution in [2.24, 2.45) is 34.0 Å². The van der Waals surface area contributed by atoms with Crippen LogP contribution in [0, 0.1) is 34.0 Å². The number of rotatable bonds is 0. The quantitative estimate of drug-likeness (QED) is 0.666. The van der Waals surface area contributed by atoms with Crippen LogP contribution in [0.25, 0.3) is 0 Å². The van der Waals surface area contributed by atoms with Gasteiger partial charge in [0, 0.05) is 5.41 Å². The van der Waals surface area contributed by atoms with Crippen LogP contribution in [0.1, 0.15) is 65.7 Å². The van der Waals surface area contributed by atoms with E-state index in [1.165, 1.54) is 19.3 Å². The summed E-state index contributed by atoms with van der Waals surface area (Å²) in [5.41, 5.74) is 1.57. The van der Waals surface area contributed by atoms with Crippen molar-refractivity contribution < 1.29 is 10.2 Å². The van der Waals surface area contributed by atoms with Gasteiger partial charge in [-0.2, -0.15) is 0 Å². The maximum atomic E-state index is 11.0. The van der Waals surface area contributed by atoms with E-state index in [0.29, 0.717) is 17.8 Å². The van der Waals surface area contributed by atoms with E-state index in [-0.39, 0.29) is 28.5 Å². The van der Waals surface area contributed by atoms with Crippen molar-refractivity contribution in [2.75, 3.05) is 0 Å². The highest BCUT2D eigenvalue weighted by Gasteiger charge is 2.66. The average molecular weight is 304 g/mol. The lowest BCUT2D eigenvalue weighted by Crippen LogP contribution is -2.60. The first-order valence-electron chi connectivity index (χ1n) is 9.25. The topological polar surface area (TPSA) is 40.5 Å². The normalized spacial score (nSPS) is 56.4. The molecule has 0 amide bonds. The minimum Gasteiger partial charge on any atom is -0.393 e. The number of aliphatic hydroxyl groups excluding tert-OH is 2. The van der Waals surface area contributed by atoms with Gasteiger partial charge in [0.25, 0.3) is 0 Å². The van der Waals surface area contributed by atoms with Gasteiger partial charge in [-0.3, -0.25) is 0 Å². The molecule has 0 aromatic carbocycles. The minimum atomic E-state index is -0.301. The van der Waals surface area contributed by atoms with Crippen molar-refractivity contribution in [2.45, 2.75) is 77.9 Å². The third-order valence-corrected chi connectivity index (χ3v) is 8.42. The van der Waals surface area contributed by atoms with Crippen molar-refractivity contribution in [3.05, 3.63) is 12.2 Å². The lowest BCUT2D eigenvalue weighted by Gasteiger charge is -2.65. The molecule has 4 aliphatic carbocycles. The van der Waals surface area contributed by atoms with Gasteiger partial charge in [0.2, 0.25) is 0 Å². The molecule has 2 N–H and O–H groups in total. The van der Waals surface area contributed by atoms with E-state index >= 15 is 0 Å². The lowest BCUT2D eigenvalue weighted by molar-refractivity contribution is -0.188. The molecule has 7 unspecified atom stereocenters. The molecule has 4 aliphatic rings. The summed E-state index contributed by atoms with van der Waals surface area (Å²) in [7, 11) is 0. The van der Waals surface area contributed by atoms with Crippen LogP contribution in [0.2, 0.25) is 0 Å². The Hall–Kier alpha value is -0.340. The molecular weight excluding hydrogens is 272 g/mol. The average Bonchev–Trinajstić information content (AvgIpc) is 2.58. The highest BCUT2D eigenvalue weighted by molar-refractivity contribution is 5.27. The molecule has 124 valence electrons. The summed E-state index contributed by atoms with van der Waals surface area (Å²) in [5.74, 6) is 1.78. The van der Waals surface area contributed by atoms with Crippen LogP contribution in [-0.4, -0.2) is 22.4 Å². The molecule has 0 aromatic rings. The van der Waals surface area contributed by atoms with Crippen molar-refractivity contribution in [3.8, 4) is 0 Å². The molecule has 4 rings (SSSR count). The van der Waals surface area contributed by atoms with E-state index in [1.54, 1.807) is 0 Å². The molecule has 2 bridgehead atoms. The highest BCUT2D eigenvalue weighted by atomic mass is 16.3. The van der Waals surface area contributed by atoms with Gasteiger partial charge >= 0.3 is 0 Å². The van der Waals surface area contributed by atoms with Crippen LogP contribution in [-0.2, 0) is 0 Å². The van der Waals surface area contributed by atoms with E-state index in [4.69, 9.17) is 0 Å². The predicted molar refractivity (Wildman–Crippen MR) is 88.3 cm³/mol. The minimum absolute atomic E-state index is 0.0678. The molecule has 4 saturated carbocycles. The molecule has 2 heteroatoms. The zero-order valence-electron chi connectivity index (χ0n) is 14.4. The first-order chi connectivity index (χ1) is 10.2. The second-order valence-electron chi connectivity index (χ2n) is 9.89. The fourth-order valence-electron chi connectivity index (χ4n) is 7.85. The Kier molecular flexibility index (Phi) is 3.03. The first kappa shape index (κ1) is 15.2. The van der Waals surface area contributed by atoms with Crippen molar-refractivity contribution in [1.82, 2.24) is 0 Å². The van der Waals surface area contributed by atoms with Crippen LogP contribution in [0.15, 0.2) is 12.2 Å². The van der Waals surface area contributed by atoms with E-state index in [2.05, 4.69) is 27.4 Å². The number of hydrogen-bond acceptors (Lipinski definition) is 2. The molecule has 0 aliphatic heterocycles. The van der Waals surface area contributed by atoms with Gasteiger partial charge in [-0.05, 0) is 79.1 Å². The second kappa shape index (κ2) is 4.39. The smallest absolute Gasteiger partial charge is 0.0809 e. The van der Waals surface area contributed by atoms with Crippen molar-refractivity contribution in [1.29, 1.82) is 0 Å². The molecule has 0 radical (unpaired) electrons. The molecule has 22 heavy (non-hydrogen) atoms. The van der Waals surface area contributed by atoms with Crippen LogP contribution in [0.5, 0.6) is 0 Å². The zero-order valence-corrected chi connectivity index (χ0v) is 14.4. The summed E-state index contributed by atoms with van der Waals surface area (Å²) in [6.45, 7) is 11.4. The third kappa shape index (κ3) is 1.69. The molecule has 0 heterocycles. The Balaban J connectivity index is 1.78. The number of fused-ring (bicyclic) bond motifs is 3. The zero-order chi connectivity index (χ0) is 15.9. The summed E-state index contributed by atoms with van der Waals surface area (Å²) >= 11 is 0. The SMILES string of the molecule is C=C1C2CCC3C4(C)CC(O)CC(C)(C)C4CCC3(C2)C1O. The molecule has 1 spiro atoms. The predicted octanol–water partition coefficient (Wildman–Crippen LogP) is 3.92. The maximum Gasteiger partial charge on any atom is 0.0809 e. The van der Waals surface area contributed by atoms with E-state index in [1.807, 2.05) is 0 Å². The third-order valence-electron chi connectivity index (χ3n) is 8.42. The molecule has 4 fully saturated rings. The fourth-order valence-corrected chi connectivity index (χ4v) is 7.85. The lowest BCUT2D eigenvalue weighted by atomic mass is 9.40. The summed E-state index contributed by atoms with van der Waals surface area (Å²) in [5, 5.41) is 21.5. The first-order valence-corrected chi connectivity index (χ1v) is 9.25. The molecule has 7 atom stereocenters. The standard InChI is InChI=1S/C20H32O2/c1-12-13-5-6-16-19(4)11-14(21)10-18(2,3)15(19)7-8-20(16,9-13)17(12)22/h13-17,21-22H,1,5-11H2,2-4H3. The van der Waals surface area contributed by atoms with Crippen LogP contribution in [0.3, 0.4) is 0 Å². The van der Waals surface area contributed by atoms with E-state index in [0.717, 1.165) is 31.3 Å². The molecule has 0 aromatic heterocycles. The van der Waals surface area contributed by atoms with Gasteiger partial charge in [0.1, 0.15) is 0 Å². The van der Waals surface area contributed by atoms with Crippen LogP contribution in [0.4, 0.5) is 0 Å². The summed E-state index contributed by atoms with van der Waals surface area (Å²) < 4.78 is 0. The Labute approximate surface area is 135 Å². The van der Waals surface area contributed by atoms with Gasteiger partial charge in [-0.1, -0.05) is 27.4 Å². The van der Waals surface area contributed by atoms with Crippen molar-refractivity contribution in [3.63, 3.8) is 0 Å². The Morgan fingerprint density at radius 2 is 1.68 bits per heavy atom. The molecule has 0 saturated heterocycles. The van der Waals surface area contributed by atoms with Gasteiger partial charge < -0.3 is 10.2 Å². The number of hydrogen-bond donors (Lipinski definition) is 2. The highest BCUT2D eigenvalue weighted by Crippen LogP contribution is 2.71. The van der Waals surface area contributed by atoms with Gasteiger partial charge in [0.15, 0.2) is 0 Å². The number of aliphatic hydroxyl groups is 2.